The summed E-state index contributed by atoms with van der Waals surface area (Å²) >= 11 is 0. The van der Waals surface area contributed by atoms with Crippen LogP contribution in [0.15, 0.2) is 0 Å². The van der Waals surface area contributed by atoms with E-state index >= 15 is 0 Å². The SMILES string of the molecule is CCCCCCCCCCCCCCCCN.CCCCCCCCCCP(O)(O)(O)CCCCCCCCCC. The second-order valence-corrected chi connectivity index (χ2v) is 16.7. The van der Waals surface area contributed by atoms with E-state index in [1.54, 1.807) is 0 Å². The van der Waals surface area contributed by atoms with Crippen LogP contribution in [0, 0.1) is 0 Å². The zero-order valence-corrected chi connectivity index (χ0v) is 29.6. The first kappa shape index (κ1) is 43.4. The molecule has 0 aliphatic heterocycles. The van der Waals surface area contributed by atoms with Crippen molar-refractivity contribution in [1.29, 1.82) is 0 Å². The van der Waals surface area contributed by atoms with Crippen molar-refractivity contribution in [3.05, 3.63) is 0 Å². The molecular weight excluding hydrogens is 525 g/mol. The Morgan fingerprint density at radius 3 is 0.732 bits per heavy atom. The fraction of sp³-hybridized carbons (Fsp3) is 1.00. The van der Waals surface area contributed by atoms with Gasteiger partial charge in [-0.15, -0.1) is 0 Å². The Kier molecular flexibility index (Phi) is 35.1. The summed E-state index contributed by atoms with van der Waals surface area (Å²) in [5, 5.41) is 0. The fourth-order valence-corrected chi connectivity index (χ4v) is 7.56. The Morgan fingerprint density at radius 1 is 0.317 bits per heavy atom. The molecule has 0 saturated carbocycles. The van der Waals surface area contributed by atoms with Crippen LogP contribution in [0.5, 0.6) is 0 Å². The van der Waals surface area contributed by atoms with Gasteiger partial charge in [-0.3, -0.25) is 0 Å². The summed E-state index contributed by atoms with van der Waals surface area (Å²) in [7, 11) is -4.34. The fourth-order valence-electron chi connectivity index (χ4n) is 5.59. The molecule has 0 aliphatic carbocycles. The third-order valence-electron chi connectivity index (χ3n) is 8.50. The summed E-state index contributed by atoms with van der Waals surface area (Å²) in [5.41, 5.74) is 5.47. The number of hydrogen-bond acceptors (Lipinski definition) is 4. The van der Waals surface area contributed by atoms with Crippen LogP contribution in [0.25, 0.3) is 0 Å². The summed E-state index contributed by atoms with van der Waals surface area (Å²) < 4.78 is 0. The van der Waals surface area contributed by atoms with Gasteiger partial charge in [0.25, 0.3) is 0 Å². The Morgan fingerprint density at radius 2 is 0.512 bits per heavy atom. The van der Waals surface area contributed by atoms with E-state index in [0.717, 1.165) is 45.1 Å². The van der Waals surface area contributed by atoms with Gasteiger partial charge in [0.05, 0.1) is 0 Å². The Bertz CT molecular complexity index is 443. The summed E-state index contributed by atoms with van der Waals surface area (Å²) in [6, 6.07) is 0. The molecule has 41 heavy (non-hydrogen) atoms. The molecule has 5 heteroatoms. The van der Waals surface area contributed by atoms with E-state index in [1.165, 1.54) is 154 Å². The third-order valence-corrected chi connectivity index (χ3v) is 11.0. The van der Waals surface area contributed by atoms with Crippen molar-refractivity contribution in [2.75, 3.05) is 18.9 Å². The second-order valence-electron chi connectivity index (χ2n) is 13.1. The standard InChI is InChI=1S/C20H45O3P.C16H35N/c1-3-5-7-9-11-13-15-17-19-24(21,22,23)20-18-16-14-12-10-8-6-4-2;1-2-3-4-5-6-7-8-9-10-11-12-13-14-15-16-17/h21-23H,3-20H2,1-2H3;2-17H2,1H3. The van der Waals surface area contributed by atoms with Crippen LogP contribution >= 0.6 is 7.28 Å². The molecule has 4 nitrogen and oxygen atoms in total. The molecule has 0 unspecified atom stereocenters. The first-order chi connectivity index (χ1) is 19.8. The molecule has 0 aromatic carbocycles. The molecule has 0 saturated heterocycles. The third kappa shape index (κ3) is 40.3. The number of unbranched alkanes of at least 4 members (excludes halogenated alkanes) is 27. The predicted molar refractivity (Wildman–Crippen MR) is 188 cm³/mol. The molecule has 0 radical (unpaired) electrons. The molecule has 0 atom stereocenters. The van der Waals surface area contributed by atoms with Gasteiger partial charge >= 0.3 is 151 Å². The monoisotopic (exact) mass is 606 g/mol. The van der Waals surface area contributed by atoms with Gasteiger partial charge in [-0.1, -0.05) is 90.4 Å². The second kappa shape index (κ2) is 33.2. The van der Waals surface area contributed by atoms with Gasteiger partial charge in [0.15, 0.2) is 0 Å². The van der Waals surface area contributed by atoms with Gasteiger partial charge in [-0.25, -0.2) is 0 Å². The number of hydrogen-bond donors (Lipinski definition) is 4. The molecular formula is C36H80NO3P. The van der Waals surface area contributed by atoms with E-state index in [4.69, 9.17) is 5.73 Å². The number of nitrogens with two attached hydrogens (primary N) is 1. The van der Waals surface area contributed by atoms with Crippen molar-refractivity contribution in [1.82, 2.24) is 0 Å². The van der Waals surface area contributed by atoms with Crippen molar-refractivity contribution in [3.8, 4) is 0 Å². The van der Waals surface area contributed by atoms with Gasteiger partial charge in [-0.2, -0.15) is 0 Å². The molecule has 0 spiro atoms. The average Bonchev–Trinajstić information content (AvgIpc) is 2.94. The van der Waals surface area contributed by atoms with E-state index in [1.807, 2.05) is 0 Å². The van der Waals surface area contributed by atoms with Gasteiger partial charge in [0.2, 0.25) is 0 Å². The van der Waals surface area contributed by atoms with E-state index < -0.39 is 7.28 Å². The van der Waals surface area contributed by atoms with Crippen LogP contribution in [0.3, 0.4) is 0 Å². The molecule has 0 aromatic heterocycles. The molecule has 252 valence electrons. The molecule has 5 N–H and O–H groups in total. The van der Waals surface area contributed by atoms with Crippen molar-refractivity contribution < 1.29 is 14.7 Å². The minimum atomic E-state index is -4.34. The van der Waals surface area contributed by atoms with Crippen molar-refractivity contribution in [2.24, 2.45) is 5.73 Å². The van der Waals surface area contributed by atoms with Crippen LogP contribution in [0.2, 0.25) is 0 Å². The summed E-state index contributed by atoms with van der Waals surface area (Å²) in [6.45, 7) is 7.60. The van der Waals surface area contributed by atoms with Crippen molar-refractivity contribution >= 4 is 7.28 Å². The van der Waals surface area contributed by atoms with Crippen LogP contribution < -0.4 is 5.73 Å². The van der Waals surface area contributed by atoms with Crippen LogP contribution in [0.1, 0.15) is 213 Å². The number of rotatable bonds is 32. The van der Waals surface area contributed by atoms with Crippen LogP contribution in [-0.2, 0) is 0 Å². The quantitative estimate of drug-likeness (QED) is 0.0454. The Hall–Kier alpha value is 0.270. The van der Waals surface area contributed by atoms with E-state index in [0.29, 0.717) is 0 Å². The molecule has 0 bridgehead atoms. The summed E-state index contributed by atoms with van der Waals surface area (Å²) in [6.07, 6.45) is 38.9. The normalized spacial score (nSPS) is 12.6. The first-order valence-corrected chi connectivity index (χ1v) is 21.2. The topological polar surface area (TPSA) is 86.7 Å². The maximum atomic E-state index is 10.2. The molecule has 0 amide bonds. The zero-order valence-electron chi connectivity index (χ0n) is 28.7. The van der Waals surface area contributed by atoms with Crippen molar-refractivity contribution in [3.63, 3.8) is 0 Å². The van der Waals surface area contributed by atoms with Crippen LogP contribution in [0.4, 0.5) is 0 Å². The Balaban J connectivity index is 0. The molecule has 0 fully saturated rings. The van der Waals surface area contributed by atoms with Gasteiger partial charge in [0, 0.05) is 0 Å². The maximum absolute atomic E-state index is 10.2. The average molecular weight is 606 g/mol. The van der Waals surface area contributed by atoms with Crippen molar-refractivity contribution in [2.45, 2.75) is 213 Å². The minimum absolute atomic E-state index is 0.205. The summed E-state index contributed by atoms with van der Waals surface area (Å²) in [5.74, 6) is 0. The predicted octanol–water partition coefficient (Wildman–Crippen LogP) is 12.0. The first-order valence-electron chi connectivity index (χ1n) is 18.8. The van der Waals surface area contributed by atoms with E-state index in [2.05, 4.69) is 20.8 Å². The van der Waals surface area contributed by atoms with E-state index in [-0.39, 0.29) is 12.3 Å². The van der Waals surface area contributed by atoms with Gasteiger partial charge < -0.3 is 5.73 Å². The van der Waals surface area contributed by atoms with E-state index in [9.17, 15) is 14.7 Å². The molecule has 0 aliphatic rings. The van der Waals surface area contributed by atoms with Gasteiger partial charge in [0.1, 0.15) is 0 Å². The molecule has 0 heterocycles. The Labute approximate surface area is 259 Å². The molecule has 0 aromatic rings. The summed E-state index contributed by atoms with van der Waals surface area (Å²) in [4.78, 5) is 30.5. The zero-order chi connectivity index (χ0) is 30.8. The van der Waals surface area contributed by atoms with Crippen LogP contribution in [-0.4, -0.2) is 33.5 Å². The van der Waals surface area contributed by atoms with Gasteiger partial charge in [-0.05, 0) is 13.0 Å². The molecule has 0 rings (SSSR count).